The number of amides is 1. The summed E-state index contributed by atoms with van der Waals surface area (Å²) in [6.45, 7) is 0. The molecule has 22 heavy (non-hydrogen) atoms. The molecule has 1 amide bonds. The van der Waals surface area contributed by atoms with E-state index in [1.165, 1.54) is 12.1 Å². The Labute approximate surface area is 134 Å². The minimum absolute atomic E-state index is 0.239. The van der Waals surface area contributed by atoms with Gasteiger partial charge in [-0.3, -0.25) is 4.79 Å². The molecule has 0 bridgehead atoms. The van der Waals surface area contributed by atoms with Gasteiger partial charge in [-0.05, 0) is 48.7 Å². The van der Waals surface area contributed by atoms with Gasteiger partial charge in [0, 0.05) is 10.6 Å². The van der Waals surface area contributed by atoms with Crippen LogP contribution in [0.3, 0.4) is 0 Å². The first-order valence-corrected chi connectivity index (χ1v) is 7.81. The van der Waals surface area contributed by atoms with Crippen molar-refractivity contribution in [3.63, 3.8) is 0 Å². The number of halogens is 2. The minimum Gasteiger partial charge on any atom is -0.343 e. The molecular formula is C18H17ClFNO. The molecule has 3 rings (SSSR count). The standard InChI is InChI=1S/C18H17ClFNO/c19-15-8-6-14(7-9-15)18(10-1-2-11-18)21-17(22)13-4-3-5-16(20)12-13/h3-9,12H,1-2,10-11H2,(H,21,22). The number of rotatable bonds is 3. The lowest BCUT2D eigenvalue weighted by Gasteiger charge is -2.31. The lowest BCUT2D eigenvalue weighted by molar-refractivity contribution is 0.0897. The SMILES string of the molecule is O=C(NC1(c2ccc(Cl)cc2)CCCC1)c1cccc(F)c1. The Morgan fingerprint density at radius 3 is 2.41 bits per heavy atom. The molecule has 114 valence electrons. The monoisotopic (exact) mass is 317 g/mol. The number of benzene rings is 2. The molecule has 1 aliphatic rings. The molecule has 1 N–H and O–H groups in total. The second-order valence-corrected chi connectivity index (χ2v) is 6.20. The summed E-state index contributed by atoms with van der Waals surface area (Å²) in [7, 11) is 0. The Morgan fingerprint density at radius 1 is 1.09 bits per heavy atom. The summed E-state index contributed by atoms with van der Waals surface area (Å²) in [5, 5.41) is 3.80. The molecule has 0 aliphatic heterocycles. The van der Waals surface area contributed by atoms with Crippen LogP contribution in [0.1, 0.15) is 41.6 Å². The van der Waals surface area contributed by atoms with Crippen molar-refractivity contribution in [1.29, 1.82) is 0 Å². The molecule has 4 heteroatoms. The minimum atomic E-state index is -0.403. The fourth-order valence-electron chi connectivity index (χ4n) is 3.15. The highest BCUT2D eigenvalue weighted by Crippen LogP contribution is 2.39. The first-order chi connectivity index (χ1) is 10.6. The molecule has 0 aromatic heterocycles. The van der Waals surface area contributed by atoms with Crippen molar-refractivity contribution in [3.8, 4) is 0 Å². The van der Waals surface area contributed by atoms with Crippen molar-refractivity contribution >= 4 is 17.5 Å². The first-order valence-electron chi connectivity index (χ1n) is 7.43. The molecule has 0 heterocycles. The van der Waals surface area contributed by atoms with E-state index in [0.29, 0.717) is 10.6 Å². The average molecular weight is 318 g/mol. The first kappa shape index (κ1) is 15.0. The summed E-state index contributed by atoms with van der Waals surface area (Å²) < 4.78 is 13.3. The van der Waals surface area contributed by atoms with E-state index < -0.39 is 5.82 Å². The maximum atomic E-state index is 13.3. The zero-order chi connectivity index (χ0) is 15.6. The number of hydrogen-bond donors (Lipinski definition) is 1. The fraction of sp³-hybridized carbons (Fsp3) is 0.278. The van der Waals surface area contributed by atoms with E-state index in [4.69, 9.17) is 11.6 Å². The number of hydrogen-bond acceptors (Lipinski definition) is 1. The highest BCUT2D eigenvalue weighted by atomic mass is 35.5. The maximum Gasteiger partial charge on any atom is 0.252 e. The van der Waals surface area contributed by atoms with Gasteiger partial charge in [-0.2, -0.15) is 0 Å². The van der Waals surface area contributed by atoms with E-state index in [9.17, 15) is 9.18 Å². The average Bonchev–Trinajstić information content (AvgIpc) is 2.97. The van der Waals surface area contributed by atoms with Gasteiger partial charge in [0.2, 0.25) is 0 Å². The van der Waals surface area contributed by atoms with E-state index >= 15 is 0 Å². The van der Waals surface area contributed by atoms with E-state index in [0.717, 1.165) is 31.2 Å². The molecule has 1 aliphatic carbocycles. The number of carbonyl (C=O) groups excluding carboxylic acids is 1. The van der Waals surface area contributed by atoms with Crippen LogP contribution in [0.5, 0.6) is 0 Å². The maximum absolute atomic E-state index is 13.3. The molecule has 2 aromatic rings. The molecule has 0 radical (unpaired) electrons. The molecular weight excluding hydrogens is 301 g/mol. The highest BCUT2D eigenvalue weighted by Gasteiger charge is 2.37. The van der Waals surface area contributed by atoms with E-state index in [1.807, 2.05) is 24.3 Å². The number of nitrogens with one attached hydrogen (secondary N) is 1. The molecule has 1 saturated carbocycles. The molecule has 0 atom stereocenters. The van der Waals surface area contributed by atoms with Gasteiger partial charge in [-0.15, -0.1) is 0 Å². The Morgan fingerprint density at radius 2 is 1.77 bits per heavy atom. The summed E-state index contributed by atoms with van der Waals surface area (Å²) in [5.41, 5.74) is 1.02. The number of carbonyl (C=O) groups is 1. The van der Waals surface area contributed by atoms with Gasteiger partial charge in [0.15, 0.2) is 0 Å². The summed E-state index contributed by atoms with van der Waals surface area (Å²) in [5.74, 6) is -0.643. The van der Waals surface area contributed by atoms with Gasteiger partial charge in [0.25, 0.3) is 5.91 Å². The van der Waals surface area contributed by atoms with Gasteiger partial charge in [-0.25, -0.2) is 4.39 Å². The highest BCUT2D eigenvalue weighted by molar-refractivity contribution is 6.30. The van der Waals surface area contributed by atoms with Gasteiger partial charge in [0.1, 0.15) is 5.82 Å². The Kier molecular flexibility index (Phi) is 4.16. The molecule has 2 aromatic carbocycles. The van der Waals surface area contributed by atoms with Crippen molar-refractivity contribution in [2.75, 3.05) is 0 Å². The van der Waals surface area contributed by atoms with Crippen LogP contribution in [0, 0.1) is 5.82 Å². The van der Waals surface area contributed by atoms with Crippen LogP contribution in [0.4, 0.5) is 4.39 Å². The molecule has 2 nitrogen and oxygen atoms in total. The third kappa shape index (κ3) is 3.00. The van der Waals surface area contributed by atoms with E-state index in [2.05, 4.69) is 5.32 Å². The quantitative estimate of drug-likeness (QED) is 0.875. The van der Waals surface area contributed by atoms with Crippen molar-refractivity contribution in [2.24, 2.45) is 0 Å². The molecule has 0 saturated heterocycles. The predicted octanol–water partition coefficient (Wildman–Crippen LogP) is 4.68. The van der Waals surface area contributed by atoms with Crippen LogP contribution in [-0.4, -0.2) is 5.91 Å². The zero-order valence-electron chi connectivity index (χ0n) is 12.1. The molecule has 0 unspecified atom stereocenters. The Hall–Kier alpha value is -1.87. The summed E-state index contributed by atoms with van der Waals surface area (Å²) in [6, 6.07) is 13.4. The van der Waals surface area contributed by atoms with Crippen molar-refractivity contribution in [1.82, 2.24) is 5.32 Å². The molecule has 0 spiro atoms. The van der Waals surface area contributed by atoms with Crippen LogP contribution in [0.15, 0.2) is 48.5 Å². The largest absolute Gasteiger partial charge is 0.343 e. The van der Waals surface area contributed by atoms with Crippen LogP contribution < -0.4 is 5.32 Å². The van der Waals surface area contributed by atoms with Gasteiger partial charge in [-0.1, -0.05) is 42.6 Å². The lowest BCUT2D eigenvalue weighted by atomic mass is 9.88. The summed E-state index contributed by atoms with van der Waals surface area (Å²) in [4.78, 5) is 12.5. The smallest absolute Gasteiger partial charge is 0.252 e. The van der Waals surface area contributed by atoms with Gasteiger partial charge in [0.05, 0.1) is 5.54 Å². The lowest BCUT2D eigenvalue weighted by Crippen LogP contribution is -2.43. The van der Waals surface area contributed by atoms with Gasteiger partial charge >= 0.3 is 0 Å². The second-order valence-electron chi connectivity index (χ2n) is 5.76. The van der Waals surface area contributed by atoms with E-state index in [-0.39, 0.29) is 11.4 Å². The topological polar surface area (TPSA) is 29.1 Å². The second kappa shape index (κ2) is 6.09. The van der Waals surface area contributed by atoms with Gasteiger partial charge < -0.3 is 5.32 Å². The van der Waals surface area contributed by atoms with Crippen LogP contribution in [0.2, 0.25) is 5.02 Å². The summed E-state index contributed by atoms with van der Waals surface area (Å²) in [6.07, 6.45) is 3.89. The third-order valence-electron chi connectivity index (χ3n) is 4.29. The summed E-state index contributed by atoms with van der Waals surface area (Å²) >= 11 is 5.95. The van der Waals surface area contributed by atoms with E-state index in [1.54, 1.807) is 12.1 Å². The van der Waals surface area contributed by atoms with Crippen LogP contribution in [-0.2, 0) is 5.54 Å². The zero-order valence-corrected chi connectivity index (χ0v) is 12.9. The third-order valence-corrected chi connectivity index (χ3v) is 4.55. The van der Waals surface area contributed by atoms with Crippen LogP contribution in [0.25, 0.3) is 0 Å². The van der Waals surface area contributed by atoms with Crippen molar-refractivity contribution < 1.29 is 9.18 Å². The Balaban J connectivity index is 1.88. The van der Waals surface area contributed by atoms with Crippen LogP contribution >= 0.6 is 11.6 Å². The molecule has 1 fully saturated rings. The normalized spacial score (nSPS) is 16.5. The fourth-order valence-corrected chi connectivity index (χ4v) is 3.28. The predicted molar refractivity (Wildman–Crippen MR) is 85.5 cm³/mol. The van der Waals surface area contributed by atoms with Crippen molar-refractivity contribution in [3.05, 3.63) is 70.5 Å². The Bertz CT molecular complexity index is 678. The van der Waals surface area contributed by atoms with Crippen molar-refractivity contribution in [2.45, 2.75) is 31.2 Å².